The molecule has 2 nitrogen and oxygen atoms in total. The highest BCUT2D eigenvalue weighted by molar-refractivity contribution is 5.43. The van der Waals surface area contributed by atoms with E-state index in [2.05, 4.69) is 58.2 Å². The van der Waals surface area contributed by atoms with Gasteiger partial charge in [-0.1, -0.05) is 19.9 Å². The number of benzene rings is 1. The van der Waals surface area contributed by atoms with E-state index in [1.807, 2.05) is 0 Å². The first-order valence-corrected chi connectivity index (χ1v) is 6.93. The summed E-state index contributed by atoms with van der Waals surface area (Å²) in [6, 6.07) is 2.85. The molecule has 1 aromatic carbocycles. The molecule has 0 heterocycles. The average molecular weight is 248 g/mol. The van der Waals surface area contributed by atoms with E-state index in [4.69, 9.17) is 0 Å². The molecule has 102 valence electrons. The normalized spacial score (nSPS) is 11.3. The van der Waals surface area contributed by atoms with Crippen molar-refractivity contribution in [2.45, 2.75) is 54.1 Å². The van der Waals surface area contributed by atoms with Gasteiger partial charge in [-0.15, -0.1) is 0 Å². The van der Waals surface area contributed by atoms with E-state index < -0.39 is 0 Å². The second-order valence-corrected chi connectivity index (χ2v) is 5.52. The molecule has 0 saturated heterocycles. The lowest BCUT2D eigenvalue weighted by Crippen LogP contribution is -2.31. The molecule has 0 bridgehead atoms. The molecule has 0 spiro atoms. The maximum Gasteiger partial charge on any atom is 0.0211 e. The molecular weight excluding hydrogens is 220 g/mol. The third-order valence-corrected chi connectivity index (χ3v) is 3.68. The van der Waals surface area contributed by atoms with Crippen LogP contribution in [0.4, 0.5) is 0 Å². The Balaban J connectivity index is 2.57. The summed E-state index contributed by atoms with van der Waals surface area (Å²) in [4.78, 5) is 0. The van der Waals surface area contributed by atoms with Gasteiger partial charge < -0.3 is 10.6 Å². The van der Waals surface area contributed by atoms with Gasteiger partial charge in [-0.05, 0) is 55.5 Å². The molecule has 0 atom stereocenters. The zero-order valence-corrected chi connectivity index (χ0v) is 12.8. The summed E-state index contributed by atoms with van der Waals surface area (Å²) in [5, 5.41) is 6.95. The summed E-state index contributed by atoms with van der Waals surface area (Å²) < 4.78 is 0. The van der Waals surface area contributed by atoms with Gasteiger partial charge in [-0.2, -0.15) is 0 Å². The number of hydrogen-bond donors (Lipinski definition) is 2. The largest absolute Gasteiger partial charge is 0.313 e. The zero-order chi connectivity index (χ0) is 13.7. The molecule has 0 saturated carbocycles. The minimum atomic E-state index is 0.566. The van der Waals surface area contributed by atoms with E-state index in [0.29, 0.717) is 6.04 Å². The smallest absolute Gasteiger partial charge is 0.0211 e. The molecule has 0 aliphatic carbocycles. The molecule has 0 aromatic heterocycles. The highest BCUT2D eigenvalue weighted by atomic mass is 15.0. The van der Waals surface area contributed by atoms with E-state index in [1.165, 1.54) is 27.8 Å². The van der Waals surface area contributed by atoms with Crippen molar-refractivity contribution >= 4 is 0 Å². The van der Waals surface area contributed by atoms with Gasteiger partial charge >= 0.3 is 0 Å². The molecule has 1 aromatic rings. The Hall–Kier alpha value is -0.860. The molecule has 2 heteroatoms. The first kappa shape index (κ1) is 15.2. The minimum absolute atomic E-state index is 0.566. The summed E-state index contributed by atoms with van der Waals surface area (Å²) in [6.07, 6.45) is 0. The van der Waals surface area contributed by atoms with Crippen molar-refractivity contribution in [3.63, 3.8) is 0 Å². The fourth-order valence-corrected chi connectivity index (χ4v) is 2.23. The maximum atomic E-state index is 3.53. The van der Waals surface area contributed by atoms with Crippen LogP contribution in [0.15, 0.2) is 6.07 Å². The maximum absolute atomic E-state index is 3.53. The van der Waals surface area contributed by atoms with Crippen LogP contribution in [-0.4, -0.2) is 19.1 Å². The van der Waals surface area contributed by atoms with Crippen LogP contribution in [0.25, 0.3) is 0 Å². The quantitative estimate of drug-likeness (QED) is 0.756. The first-order valence-electron chi connectivity index (χ1n) is 6.93. The van der Waals surface area contributed by atoms with Crippen LogP contribution < -0.4 is 10.6 Å². The van der Waals surface area contributed by atoms with Gasteiger partial charge in [0.15, 0.2) is 0 Å². The van der Waals surface area contributed by atoms with Crippen molar-refractivity contribution in [3.8, 4) is 0 Å². The molecule has 0 radical (unpaired) electrons. The molecule has 1 rings (SSSR count). The third kappa shape index (κ3) is 4.11. The van der Waals surface area contributed by atoms with Gasteiger partial charge in [0.25, 0.3) is 0 Å². The molecule has 18 heavy (non-hydrogen) atoms. The summed E-state index contributed by atoms with van der Waals surface area (Å²) in [7, 11) is 0. The minimum Gasteiger partial charge on any atom is -0.313 e. The topological polar surface area (TPSA) is 24.1 Å². The Kier molecular flexibility index (Phi) is 5.83. The first-order chi connectivity index (χ1) is 8.43. The molecule has 0 unspecified atom stereocenters. The van der Waals surface area contributed by atoms with E-state index in [9.17, 15) is 0 Å². The van der Waals surface area contributed by atoms with Gasteiger partial charge in [0.05, 0.1) is 0 Å². The molecule has 0 amide bonds. The van der Waals surface area contributed by atoms with Crippen molar-refractivity contribution in [2.24, 2.45) is 0 Å². The van der Waals surface area contributed by atoms with Gasteiger partial charge in [0.1, 0.15) is 0 Å². The van der Waals surface area contributed by atoms with Crippen LogP contribution in [-0.2, 0) is 6.54 Å². The van der Waals surface area contributed by atoms with E-state index in [-0.39, 0.29) is 0 Å². The Bertz CT molecular complexity index is 368. The highest BCUT2D eigenvalue weighted by Gasteiger charge is 2.07. The summed E-state index contributed by atoms with van der Waals surface area (Å²) in [5.74, 6) is 0. The number of hydrogen-bond acceptors (Lipinski definition) is 2. The predicted molar refractivity (Wildman–Crippen MR) is 80.2 cm³/mol. The standard InChI is InChI=1S/C16H28N2/c1-11(2)18-8-7-17-10-16-14(5)12(3)9-13(4)15(16)6/h9,11,17-18H,7-8,10H2,1-6H3. The number of aryl methyl sites for hydroxylation is 2. The Labute approximate surface area is 112 Å². The van der Waals surface area contributed by atoms with Crippen LogP contribution in [0.1, 0.15) is 41.7 Å². The molecule has 0 aliphatic rings. The van der Waals surface area contributed by atoms with Gasteiger partial charge in [-0.25, -0.2) is 0 Å². The second-order valence-electron chi connectivity index (χ2n) is 5.52. The van der Waals surface area contributed by atoms with Crippen molar-refractivity contribution in [2.75, 3.05) is 13.1 Å². The summed E-state index contributed by atoms with van der Waals surface area (Å²) in [6.45, 7) is 16.2. The lowest BCUT2D eigenvalue weighted by Gasteiger charge is -2.16. The molecular formula is C16H28N2. The predicted octanol–water partition coefficient (Wildman–Crippen LogP) is 3.01. The monoisotopic (exact) mass is 248 g/mol. The third-order valence-electron chi connectivity index (χ3n) is 3.68. The molecule has 2 N–H and O–H groups in total. The summed E-state index contributed by atoms with van der Waals surface area (Å²) in [5.41, 5.74) is 7.13. The van der Waals surface area contributed by atoms with Crippen LogP contribution in [0, 0.1) is 27.7 Å². The van der Waals surface area contributed by atoms with E-state index in [1.54, 1.807) is 0 Å². The second kappa shape index (κ2) is 6.91. The van der Waals surface area contributed by atoms with Crippen LogP contribution >= 0.6 is 0 Å². The lowest BCUT2D eigenvalue weighted by atomic mass is 9.94. The van der Waals surface area contributed by atoms with Crippen molar-refractivity contribution in [1.29, 1.82) is 0 Å². The molecule has 0 fully saturated rings. The van der Waals surface area contributed by atoms with E-state index >= 15 is 0 Å². The number of rotatable bonds is 6. The van der Waals surface area contributed by atoms with Crippen LogP contribution in [0.2, 0.25) is 0 Å². The Morgan fingerprint density at radius 3 is 2.00 bits per heavy atom. The fraction of sp³-hybridized carbons (Fsp3) is 0.625. The number of nitrogens with one attached hydrogen (secondary N) is 2. The lowest BCUT2D eigenvalue weighted by molar-refractivity contribution is 0.554. The van der Waals surface area contributed by atoms with Crippen molar-refractivity contribution in [3.05, 3.63) is 33.9 Å². The van der Waals surface area contributed by atoms with E-state index in [0.717, 1.165) is 19.6 Å². The Morgan fingerprint density at radius 2 is 1.50 bits per heavy atom. The van der Waals surface area contributed by atoms with Gasteiger partial charge in [0, 0.05) is 25.7 Å². The molecule has 0 aliphatic heterocycles. The highest BCUT2D eigenvalue weighted by Crippen LogP contribution is 2.21. The average Bonchev–Trinajstić information content (AvgIpc) is 2.30. The van der Waals surface area contributed by atoms with Crippen LogP contribution in [0.3, 0.4) is 0 Å². The van der Waals surface area contributed by atoms with Gasteiger partial charge in [-0.3, -0.25) is 0 Å². The fourth-order valence-electron chi connectivity index (χ4n) is 2.23. The van der Waals surface area contributed by atoms with Crippen LogP contribution in [0.5, 0.6) is 0 Å². The summed E-state index contributed by atoms with van der Waals surface area (Å²) >= 11 is 0. The zero-order valence-electron chi connectivity index (χ0n) is 12.8. The van der Waals surface area contributed by atoms with Crippen molar-refractivity contribution in [1.82, 2.24) is 10.6 Å². The SMILES string of the molecule is Cc1cc(C)c(C)c(CNCCNC(C)C)c1C. The van der Waals surface area contributed by atoms with Gasteiger partial charge in [0.2, 0.25) is 0 Å². The van der Waals surface area contributed by atoms with Crippen molar-refractivity contribution < 1.29 is 0 Å². The Morgan fingerprint density at radius 1 is 0.944 bits per heavy atom.